The Labute approximate surface area is 158 Å². The van der Waals surface area contributed by atoms with Crippen LogP contribution in [0.4, 0.5) is 5.82 Å². The van der Waals surface area contributed by atoms with Crippen LogP contribution in [-0.4, -0.2) is 34.2 Å². The van der Waals surface area contributed by atoms with E-state index in [0.29, 0.717) is 19.4 Å². The molecule has 2 heterocycles. The molecule has 0 fully saturated rings. The van der Waals surface area contributed by atoms with E-state index in [-0.39, 0.29) is 5.92 Å². The number of fused-ring (bicyclic) bond motifs is 1. The molecule has 0 saturated heterocycles. The molecule has 0 bridgehead atoms. The number of rotatable bonds is 10. The molecule has 0 spiro atoms. The zero-order valence-electron chi connectivity index (χ0n) is 15.4. The summed E-state index contributed by atoms with van der Waals surface area (Å²) in [6.07, 6.45) is 3.75. The van der Waals surface area contributed by atoms with Crippen molar-refractivity contribution in [1.82, 2.24) is 9.97 Å². The van der Waals surface area contributed by atoms with Crippen molar-refractivity contribution in [3.8, 4) is 5.75 Å². The summed E-state index contributed by atoms with van der Waals surface area (Å²) in [5, 5.41) is 13.5. The zero-order chi connectivity index (χ0) is 19.1. The van der Waals surface area contributed by atoms with Crippen LogP contribution in [0.2, 0.25) is 0 Å². The third-order valence-electron chi connectivity index (χ3n) is 4.52. The van der Waals surface area contributed by atoms with E-state index in [0.717, 1.165) is 41.1 Å². The van der Waals surface area contributed by atoms with Crippen LogP contribution in [0.3, 0.4) is 0 Å². The van der Waals surface area contributed by atoms with Gasteiger partial charge in [0.05, 0.1) is 12.5 Å². The highest BCUT2D eigenvalue weighted by Crippen LogP contribution is 2.23. The Morgan fingerprint density at radius 1 is 1.30 bits per heavy atom. The van der Waals surface area contributed by atoms with Gasteiger partial charge in [0.2, 0.25) is 0 Å². The molecular weight excluding hydrogens is 342 g/mol. The van der Waals surface area contributed by atoms with E-state index < -0.39 is 5.97 Å². The number of carbonyl (C=O) groups is 1. The minimum absolute atomic E-state index is 0.361. The molecule has 0 aliphatic heterocycles. The van der Waals surface area contributed by atoms with Gasteiger partial charge in [-0.2, -0.15) is 0 Å². The topological polar surface area (TPSA) is 87.2 Å². The molecule has 142 valence electrons. The highest BCUT2D eigenvalue weighted by Gasteiger charge is 2.16. The van der Waals surface area contributed by atoms with Gasteiger partial charge in [0.1, 0.15) is 11.6 Å². The van der Waals surface area contributed by atoms with E-state index in [1.54, 1.807) is 6.20 Å². The lowest BCUT2D eigenvalue weighted by molar-refractivity contribution is -0.141. The molecule has 27 heavy (non-hydrogen) atoms. The maximum atomic E-state index is 11.2. The van der Waals surface area contributed by atoms with Crippen LogP contribution in [0, 0.1) is 5.92 Å². The number of nitrogens with zero attached hydrogens (tertiary/aromatic N) is 1. The average Bonchev–Trinajstić information content (AvgIpc) is 3.08. The van der Waals surface area contributed by atoms with Crippen LogP contribution in [0.1, 0.15) is 25.5 Å². The molecular formula is C21H25N3O3. The minimum Gasteiger partial charge on any atom is -0.494 e. The Morgan fingerprint density at radius 3 is 2.93 bits per heavy atom. The van der Waals surface area contributed by atoms with Gasteiger partial charge in [-0.15, -0.1) is 0 Å². The van der Waals surface area contributed by atoms with Crippen LogP contribution >= 0.6 is 0 Å². The van der Waals surface area contributed by atoms with Gasteiger partial charge in [-0.1, -0.05) is 13.0 Å². The molecule has 6 heteroatoms. The standard InChI is InChI=1S/C21H25N3O3/c1-2-15(21(25)26)12-17-13-16-14-18(7-8-19(16)24-17)27-11-5-10-23-20-6-3-4-9-22-20/h3-4,6-9,13-15,24H,2,5,10-12H2,1H3,(H,22,23)(H,25,26). The van der Waals surface area contributed by atoms with Crippen LogP contribution in [0.15, 0.2) is 48.7 Å². The van der Waals surface area contributed by atoms with Gasteiger partial charge < -0.3 is 20.1 Å². The fourth-order valence-corrected chi connectivity index (χ4v) is 2.99. The average molecular weight is 367 g/mol. The number of carboxylic acid groups (broad SMARTS) is 1. The molecule has 0 saturated carbocycles. The van der Waals surface area contributed by atoms with Crippen molar-refractivity contribution in [1.29, 1.82) is 0 Å². The fraction of sp³-hybridized carbons (Fsp3) is 0.333. The predicted molar refractivity (Wildman–Crippen MR) is 106 cm³/mol. The van der Waals surface area contributed by atoms with Crippen LogP contribution < -0.4 is 10.1 Å². The van der Waals surface area contributed by atoms with Crippen LogP contribution in [0.5, 0.6) is 5.75 Å². The second-order valence-electron chi connectivity index (χ2n) is 6.53. The van der Waals surface area contributed by atoms with E-state index in [9.17, 15) is 9.90 Å². The van der Waals surface area contributed by atoms with Gasteiger partial charge in [-0.25, -0.2) is 4.98 Å². The Bertz CT molecular complexity index is 877. The van der Waals surface area contributed by atoms with Crippen molar-refractivity contribution in [2.45, 2.75) is 26.2 Å². The SMILES string of the molecule is CCC(Cc1cc2cc(OCCCNc3ccccn3)ccc2[nH]1)C(=O)O. The van der Waals surface area contributed by atoms with Crippen molar-refractivity contribution < 1.29 is 14.6 Å². The van der Waals surface area contributed by atoms with E-state index in [2.05, 4.69) is 15.3 Å². The summed E-state index contributed by atoms with van der Waals surface area (Å²) in [6.45, 7) is 3.30. The number of aliphatic carboxylic acids is 1. The zero-order valence-corrected chi connectivity index (χ0v) is 15.4. The molecule has 0 aliphatic rings. The quantitative estimate of drug-likeness (QED) is 0.470. The molecule has 0 aliphatic carbocycles. The highest BCUT2D eigenvalue weighted by molar-refractivity contribution is 5.82. The first kappa shape index (κ1) is 18.8. The smallest absolute Gasteiger partial charge is 0.306 e. The third-order valence-corrected chi connectivity index (χ3v) is 4.52. The van der Waals surface area contributed by atoms with Gasteiger partial charge in [-0.3, -0.25) is 4.79 Å². The molecule has 3 rings (SSSR count). The lowest BCUT2D eigenvalue weighted by atomic mass is 10.0. The van der Waals surface area contributed by atoms with Gasteiger partial charge in [-0.05, 0) is 49.2 Å². The second kappa shape index (κ2) is 9.07. The number of hydrogen-bond donors (Lipinski definition) is 3. The van der Waals surface area contributed by atoms with Crippen molar-refractivity contribution in [2.75, 3.05) is 18.5 Å². The molecule has 0 amide bonds. The third kappa shape index (κ3) is 5.23. The van der Waals surface area contributed by atoms with Crippen LogP contribution in [0.25, 0.3) is 10.9 Å². The monoisotopic (exact) mass is 367 g/mol. The van der Waals surface area contributed by atoms with E-state index in [1.165, 1.54) is 0 Å². The summed E-state index contributed by atoms with van der Waals surface area (Å²) >= 11 is 0. The highest BCUT2D eigenvalue weighted by atomic mass is 16.5. The first-order valence-electron chi connectivity index (χ1n) is 9.28. The number of carboxylic acids is 1. The Hall–Kier alpha value is -3.02. The Balaban J connectivity index is 1.51. The van der Waals surface area contributed by atoms with E-state index >= 15 is 0 Å². The number of aromatic nitrogens is 2. The maximum absolute atomic E-state index is 11.2. The largest absolute Gasteiger partial charge is 0.494 e. The molecule has 2 aromatic heterocycles. The molecule has 3 N–H and O–H groups in total. The number of anilines is 1. The van der Waals surface area contributed by atoms with Gasteiger partial charge in [0.25, 0.3) is 0 Å². The lowest BCUT2D eigenvalue weighted by Crippen LogP contribution is -2.15. The predicted octanol–water partition coefficient (Wildman–Crippen LogP) is 4.10. The summed E-state index contributed by atoms with van der Waals surface area (Å²) in [7, 11) is 0. The van der Waals surface area contributed by atoms with Crippen molar-refractivity contribution >= 4 is 22.7 Å². The molecule has 1 atom stereocenters. The first-order chi connectivity index (χ1) is 13.2. The summed E-state index contributed by atoms with van der Waals surface area (Å²) in [4.78, 5) is 18.7. The van der Waals surface area contributed by atoms with Crippen LogP contribution in [-0.2, 0) is 11.2 Å². The van der Waals surface area contributed by atoms with E-state index in [1.807, 2.05) is 49.4 Å². The molecule has 1 aromatic carbocycles. The van der Waals surface area contributed by atoms with Gasteiger partial charge in [0.15, 0.2) is 0 Å². The van der Waals surface area contributed by atoms with Crippen molar-refractivity contribution in [2.24, 2.45) is 5.92 Å². The summed E-state index contributed by atoms with van der Waals surface area (Å²) in [5.74, 6) is 0.571. The summed E-state index contributed by atoms with van der Waals surface area (Å²) in [5.41, 5.74) is 1.94. The number of aromatic amines is 1. The molecule has 3 aromatic rings. The van der Waals surface area contributed by atoms with Gasteiger partial charge in [0, 0.05) is 35.8 Å². The second-order valence-corrected chi connectivity index (χ2v) is 6.53. The van der Waals surface area contributed by atoms with Crippen molar-refractivity contribution in [3.63, 3.8) is 0 Å². The minimum atomic E-state index is -0.750. The normalized spacial score (nSPS) is 12.0. The number of ether oxygens (including phenoxy) is 1. The number of nitrogens with one attached hydrogen (secondary N) is 2. The number of hydrogen-bond acceptors (Lipinski definition) is 4. The number of benzene rings is 1. The molecule has 1 unspecified atom stereocenters. The summed E-state index contributed by atoms with van der Waals surface area (Å²) < 4.78 is 5.83. The summed E-state index contributed by atoms with van der Waals surface area (Å²) in [6, 6.07) is 13.7. The Morgan fingerprint density at radius 2 is 2.19 bits per heavy atom. The first-order valence-corrected chi connectivity index (χ1v) is 9.28. The molecule has 0 radical (unpaired) electrons. The number of pyridine rings is 1. The van der Waals surface area contributed by atoms with Gasteiger partial charge >= 0.3 is 5.97 Å². The number of H-pyrrole nitrogens is 1. The Kier molecular flexibility index (Phi) is 6.30. The fourth-order valence-electron chi connectivity index (χ4n) is 2.99. The lowest BCUT2D eigenvalue weighted by Gasteiger charge is -2.07. The maximum Gasteiger partial charge on any atom is 0.306 e. The van der Waals surface area contributed by atoms with Crippen molar-refractivity contribution in [3.05, 3.63) is 54.4 Å². The molecule has 6 nitrogen and oxygen atoms in total. The van der Waals surface area contributed by atoms with E-state index in [4.69, 9.17) is 4.74 Å².